The average molecular weight is 407 g/mol. The molecule has 0 saturated carbocycles. The molecule has 6 heteroatoms. The zero-order chi connectivity index (χ0) is 22.0. The fraction of sp³-hybridized carbons (Fsp3) is 0.652. The molecule has 1 atom stereocenters. The standard InChI is InChI=1S/C23H35FN2O3/c1-8-26(21(28)29-22(4,5)6)20-15-18(24)14-19(16(20)2)23(7,17(3)27)25-12-10-9-11-13-25/h14-15H,8-13H2,1-7H3. The zero-order valence-electron chi connectivity index (χ0n) is 18.9. The van der Waals surface area contributed by atoms with Crippen molar-refractivity contribution in [2.75, 3.05) is 24.5 Å². The fourth-order valence-electron chi connectivity index (χ4n) is 4.09. The molecule has 5 nitrogen and oxygen atoms in total. The number of nitrogens with zero attached hydrogens (tertiary/aromatic N) is 2. The van der Waals surface area contributed by atoms with Gasteiger partial charge in [-0.3, -0.25) is 14.6 Å². The van der Waals surface area contributed by atoms with Gasteiger partial charge in [-0.2, -0.15) is 0 Å². The summed E-state index contributed by atoms with van der Waals surface area (Å²) in [5.41, 5.74) is 0.192. The Hall–Kier alpha value is -1.95. The van der Waals surface area contributed by atoms with Crippen molar-refractivity contribution in [3.63, 3.8) is 0 Å². The summed E-state index contributed by atoms with van der Waals surface area (Å²) in [6.07, 6.45) is 2.65. The van der Waals surface area contributed by atoms with Gasteiger partial charge in [0.2, 0.25) is 0 Å². The molecule has 162 valence electrons. The summed E-state index contributed by atoms with van der Waals surface area (Å²) in [5.74, 6) is -0.494. The number of likely N-dealkylation sites (tertiary alicyclic amines) is 1. The van der Waals surface area contributed by atoms with E-state index in [0.717, 1.165) is 37.9 Å². The number of hydrogen-bond acceptors (Lipinski definition) is 4. The number of halogens is 1. The largest absolute Gasteiger partial charge is 0.443 e. The highest BCUT2D eigenvalue weighted by Crippen LogP contribution is 2.38. The number of ketones is 1. The molecular formula is C23H35FN2O3. The zero-order valence-corrected chi connectivity index (χ0v) is 18.9. The molecule has 29 heavy (non-hydrogen) atoms. The first-order valence-electron chi connectivity index (χ1n) is 10.5. The van der Waals surface area contributed by atoms with Gasteiger partial charge in [-0.25, -0.2) is 9.18 Å². The fourth-order valence-corrected chi connectivity index (χ4v) is 4.09. The van der Waals surface area contributed by atoms with Gasteiger partial charge in [-0.05, 0) is 97.7 Å². The first-order chi connectivity index (χ1) is 13.4. The number of carbonyl (C=O) groups is 2. The highest BCUT2D eigenvalue weighted by Gasteiger charge is 2.41. The van der Waals surface area contributed by atoms with E-state index < -0.39 is 23.1 Å². The van der Waals surface area contributed by atoms with E-state index in [9.17, 15) is 14.0 Å². The lowest BCUT2D eigenvalue weighted by molar-refractivity contribution is -0.129. The van der Waals surface area contributed by atoms with Crippen LogP contribution in [0.4, 0.5) is 14.9 Å². The van der Waals surface area contributed by atoms with Crippen molar-refractivity contribution in [2.24, 2.45) is 0 Å². The Morgan fingerprint density at radius 1 is 1.14 bits per heavy atom. The number of piperidine rings is 1. The van der Waals surface area contributed by atoms with E-state index in [-0.39, 0.29) is 5.78 Å². The quantitative estimate of drug-likeness (QED) is 0.676. The van der Waals surface area contributed by atoms with E-state index in [0.29, 0.717) is 17.8 Å². The van der Waals surface area contributed by atoms with Crippen molar-refractivity contribution >= 4 is 17.6 Å². The summed E-state index contributed by atoms with van der Waals surface area (Å²) < 4.78 is 20.3. The number of Topliss-reactive ketones (excluding diaryl/α,β-unsaturated/α-hetero) is 1. The third-order valence-electron chi connectivity index (χ3n) is 5.76. The van der Waals surface area contributed by atoms with E-state index in [1.54, 1.807) is 27.7 Å². The van der Waals surface area contributed by atoms with E-state index in [1.165, 1.54) is 17.0 Å². The maximum Gasteiger partial charge on any atom is 0.414 e. The molecular weight excluding hydrogens is 371 g/mol. The molecule has 2 rings (SSSR count). The van der Waals surface area contributed by atoms with Crippen LogP contribution in [0.25, 0.3) is 0 Å². The molecule has 0 bridgehead atoms. The lowest BCUT2D eigenvalue weighted by atomic mass is 9.81. The van der Waals surface area contributed by atoms with Crippen LogP contribution in [0.15, 0.2) is 12.1 Å². The molecule has 0 spiro atoms. The molecule has 1 fully saturated rings. The predicted octanol–water partition coefficient (Wildman–Crippen LogP) is 5.19. The number of ether oxygens (including phenoxy) is 1. The third-order valence-corrected chi connectivity index (χ3v) is 5.76. The van der Waals surface area contributed by atoms with E-state index in [1.807, 2.05) is 20.8 Å². The van der Waals surface area contributed by atoms with Crippen molar-refractivity contribution in [1.29, 1.82) is 0 Å². The maximum absolute atomic E-state index is 14.8. The molecule has 1 amide bonds. The Bertz CT molecular complexity index is 766. The molecule has 1 unspecified atom stereocenters. The van der Waals surface area contributed by atoms with E-state index >= 15 is 0 Å². The molecule has 1 aliphatic rings. The Morgan fingerprint density at radius 3 is 2.21 bits per heavy atom. The van der Waals surface area contributed by atoms with Gasteiger partial charge in [0.1, 0.15) is 17.0 Å². The van der Waals surface area contributed by atoms with Gasteiger partial charge < -0.3 is 4.74 Å². The summed E-state index contributed by atoms with van der Waals surface area (Å²) in [7, 11) is 0. The van der Waals surface area contributed by atoms with Crippen molar-refractivity contribution in [2.45, 2.75) is 78.9 Å². The Kier molecular flexibility index (Phi) is 7.10. The Morgan fingerprint density at radius 2 is 1.72 bits per heavy atom. The van der Waals surface area contributed by atoms with Gasteiger partial charge in [0.15, 0.2) is 5.78 Å². The Labute approximate surface area is 174 Å². The average Bonchev–Trinajstić information content (AvgIpc) is 2.63. The van der Waals surface area contributed by atoms with E-state index in [4.69, 9.17) is 4.74 Å². The van der Waals surface area contributed by atoms with Crippen molar-refractivity contribution in [3.8, 4) is 0 Å². The number of hydrogen-bond donors (Lipinski definition) is 0. The van der Waals surface area contributed by atoms with Gasteiger partial charge in [-0.1, -0.05) is 6.42 Å². The van der Waals surface area contributed by atoms with Gasteiger partial charge in [0, 0.05) is 6.54 Å². The number of anilines is 1. The molecule has 0 radical (unpaired) electrons. The van der Waals surface area contributed by atoms with Crippen molar-refractivity contribution < 1.29 is 18.7 Å². The van der Waals surface area contributed by atoms with E-state index in [2.05, 4.69) is 4.90 Å². The summed E-state index contributed by atoms with van der Waals surface area (Å²) >= 11 is 0. The van der Waals surface area contributed by atoms with Crippen LogP contribution in [0.3, 0.4) is 0 Å². The van der Waals surface area contributed by atoms with Crippen LogP contribution in [-0.2, 0) is 15.1 Å². The van der Waals surface area contributed by atoms with Crippen LogP contribution >= 0.6 is 0 Å². The van der Waals surface area contributed by atoms with Crippen molar-refractivity contribution in [3.05, 3.63) is 29.1 Å². The summed E-state index contributed by atoms with van der Waals surface area (Å²) in [5, 5.41) is 0. The second kappa shape index (κ2) is 8.82. The molecule has 1 heterocycles. The highest BCUT2D eigenvalue weighted by molar-refractivity contribution is 5.91. The first kappa shape index (κ1) is 23.3. The van der Waals surface area contributed by atoms with Crippen LogP contribution < -0.4 is 4.90 Å². The Balaban J connectivity index is 2.58. The first-order valence-corrected chi connectivity index (χ1v) is 10.5. The molecule has 0 aliphatic carbocycles. The van der Waals surface area contributed by atoms with Crippen LogP contribution in [0, 0.1) is 12.7 Å². The molecule has 0 N–H and O–H groups in total. The van der Waals surface area contributed by atoms with Gasteiger partial charge in [-0.15, -0.1) is 0 Å². The SMILES string of the molecule is CCN(C(=O)OC(C)(C)C)c1cc(F)cc(C(C)(C(C)=O)N2CCCCC2)c1C. The summed E-state index contributed by atoms with van der Waals surface area (Å²) in [4.78, 5) is 29.2. The smallest absolute Gasteiger partial charge is 0.414 e. The predicted molar refractivity (Wildman–Crippen MR) is 114 cm³/mol. The van der Waals surface area contributed by atoms with Gasteiger partial charge >= 0.3 is 6.09 Å². The van der Waals surface area contributed by atoms with Crippen LogP contribution in [0.1, 0.15) is 71.9 Å². The molecule has 1 saturated heterocycles. The number of amides is 1. The lowest BCUT2D eigenvalue weighted by Gasteiger charge is -2.43. The second-order valence-electron chi connectivity index (χ2n) is 9.00. The summed E-state index contributed by atoms with van der Waals surface area (Å²) in [6.45, 7) is 14.4. The highest BCUT2D eigenvalue weighted by atomic mass is 19.1. The third kappa shape index (κ3) is 4.97. The minimum Gasteiger partial charge on any atom is -0.443 e. The summed E-state index contributed by atoms with van der Waals surface area (Å²) in [6, 6.07) is 2.79. The van der Waals surface area contributed by atoms with Crippen LogP contribution in [0.2, 0.25) is 0 Å². The molecule has 1 aromatic carbocycles. The minimum atomic E-state index is -0.936. The number of carbonyl (C=O) groups excluding carboxylic acids is 2. The topological polar surface area (TPSA) is 49.9 Å². The number of benzene rings is 1. The van der Waals surface area contributed by atoms with Crippen LogP contribution in [-0.4, -0.2) is 42.0 Å². The van der Waals surface area contributed by atoms with Gasteiger partial charge in [0.05, 0.1) is 5.69 Å². The minimum absolute atomic E-state index is 0.0284. The molecule has 0 aromatic heterocycles. The molecule has 1 aliphatic heterocycles. The molecule has 1 aromatic rings. The second-order valence-corrected chi connectivity index (χ2v) is 9.00. The van der Waals surface area contributed by atoms with Crippen molar-refractivity contribution in [1.82, 2.24) is 4.90 Å². The maximum atomic E-state index is 14.8. The normalized spacial score (nSPS) is 17.5. The van der Waals surface area contributed by atoms with Gasteiger partial charge in [0.25, 0.3) is 0 Å². The van der Waals surface area contributed by atoms with Crippen LogP contribution in [0.5, 0.6) is 0 Å². The lowest BCUT2D eigenvalue weighted by Crippen LogP contribution is -2.51. The number of rotatable bonds is 5. The monoisotopic (exact) mass is 406 g/mol.